The second-order valence-corrected chi connectivity index (χ2v) is 10.9. The van der Waals surface area contributed by atoms with Crippen LogP contribution in [0.3, 0.4) is 0 Å². The maximum atomic E-state index is 13.0. The molecule has 1 aliphatic rings. The summed E-state index contributed by atoms with van der Waals surface area (Å²) in [5, 5.41) is 8.43. The zero-order valence-electron chi connectivity index (χ0n) is 19.7. The number of piperidine rings is 1. The molecule has 0 saturated carbocycles. The molecule has 2 aromatic heterocycles. The highest BCUT2D eigenvalue weighted by atomic mass is 35.5. The lowest BCUT2D eigenvalue weighted by molar-refractivity contribution is -0.137. The second-order valence-electron chi connectivity index (χ2n) is 9.06. The van der Waals surface area contributed by atoms with Gasteiger partial charge in [-0.15, -0.1) is 0 Å². The van der Waals surface area contributed by atoms with Gasteiger partial charge in [0.1, 0.15) is 21.2 Å². The van der Waals surface area contributed by atoms with E-state index in [1.807, 2.05) is 0 Å². The van der Waals surface area contributed by atoms with Crippen molar-refractivity contribution in [3.05, 3.63) is 74.5 Å². The van der Waals surface area contributed by atoms with E-state index in [9.17, 15) is 13.2 Å². The van der Waals surface area contributed by atoms with Crippen molar-refractivity contribution in [3.63, 3.8) is 0 Å². The molecule has 3 heterocycles. The first-order valence-corrected chi connectivity index (χ1v) is 13.6. The van der Waals surface area contributed by atoms with Crippen molar-refractivity contribution >= 4 is 56.4 Å². The predicted octanol–water partition coefficient (Wildman–Crippen LogP) is 7.68. The van der Waals surface area contributed by atoms with Crippen molar-refractivity contribution in [1.82, 2.24) is 20.3 Å². The van der Waals surface area contributed by atoms with Gasteiger partial charge in [-0.3, -0.25) is 0 Å². The standard InChI is InChI=1S/C26H24Cl2F3N5S/c27-19-2-1-3-20(28)18(19)14-22-36-23-24(33-17-7-5-16(6-8-17)26(29,30)31)34-21(35-25(23)37-22)9-4-15-10-12-32-13-11-15/h1-3,5-8,15,32H,4,9-14H2,(H,33,34,35). The Morgan fingerprint density at radius 1 is 0.973 bits per heavy atom. The Bertz CT molecular complexity index is 1370. The number of halogens is 5. The molecule has 1 fully saturated rings. The van der Waals surface area contributed by atoms with Gasteiger partial charge >= 0.3 is 6.18 Å². The van der Waals surface area contributed by atoms with Crippen molar-refractivity contribution in [3.8, 4) is 0 Å². The van der Waals surface area contributed by atoms with Crippen LogP contribution in [0.5, 0.6) is 0 Å². The number of benzene rings is 2. The van der Waals surface area contributed by atoms with Gasteiger partial charge in [-0.2, -0.15) is 13.2 Å². The van der Waals surface area contributed by atoms with E-state index in [2.05, 4.69) is 10.6 Å². The molecule has 5 nitrogen and oxygen atoms in total. The minimum atomic E-state index is -4.40. The summed E-state index contributed by atoms with van der Waals surface area (Å²) in [6.07, 6.45) is -0.0138. The fourth-order valence-corrected chi connectivity index (χ4v) is 5.92. The molecule has 2 aromatic carbocycles. The Balaban J connectivity index is 1.46. The van der Waals surface area contributed by atoms with Crippen LogP contribution in [0, 0.1) is 5.92 Å². The fraction of sp³-hybridized carbons (Fsp3) is 0.346. The largest absolute Gasteiger partial charge is 0.416 e. The first-order valence-electron chi connectivity index (χ1n) is 12.0. The summed E-state index contributed by atoms with van der Waals surface area (Å²) < 4.78 is 39.0. The van der Waals surface area contributed by atoms with Gasteiger partial charge in [-0.1, -0.05) is 40.6 Å². The molecule has 2 N–H and O–H groups in total. The zero-order valence-corrected chi connectivity index (χ0v) is 22.0. The number of aromatic nitrogens is 3. The summed E-state index contributed by atoms with van der Waals surface area (Å²) in [4.78, 5) is 15.0. The smallest absolute Gasteiger partial charge is 0.338 e. The van der Waals surface area contributed by atoms with Crippen molar-refractivity contribution in [2.24, 2.45) is 5.92 Å². The van der Waals surface area contributed by atoms with Crippen LogP contribution in [0.25, 0.3) is 10.3 Å². The maximum Gasteiger partial charge on any atom is 0.416 e. The minimum Gasteiger partial charge on any atom is -0.338 e. The lowest BCUT2D eigenvalue weighted by atomic mass is 9.93. The van der Waals surface area contributed by atoms with E-state index in [-0.39, 0.29) is 0 Å². The zero-order chi connectivity index (χ0) is 26.0. The molecule has 0 unspecified atom stereocenters. The van der Waals surface area contributed by atoms with Crippen LogP contribution in [0.1, 0.15) is 41.2 Å². The SMILES string of the molecule is FC(F)(F)c1ccc(Nc2nc(CCC3CCNCC3)nc3sc(Cc4c(Cl)cccc4Cl)nc23)cc1. The van der Waals surface area contributed by atoms with E-state index < -0.39 is 11.7 Å². The van der Waals surface area contributed by atoms with Crippen LogP contribution in [0.15, 0.2) is 42.5 Å². The molecule has 194 valence electrons. The van der Waals surface area contributed by atoms with E-state index in [1.165, 1.54) is 23.5 Å². The Labute approximate surface area is 226 Å². The molecular weight excluding hydrogens is 542 g/mol. The molecule has 11 heteroatoms. The van der Waals surface area contributed by atoms with Gasteiger partial charge in [0.25, 0.3) is 0 Å². The summed E-state index contributed by atoms with van der Waals surface area (Å²) in [6.45, 7) is 2.04. The Morgan fingerprint density at radius 2 is 1.68 bits per heavy atom. The summed E-state index contributed by atoms with van der Waals surface area (Å²) in [5.41, 5.74) is 1.12. The number of nitrogens with zero attached hydrogens (tertiary/aromatic N) is 3. The highest BCUT2D eigenvalue weighted by Gasteiger charge is 2.30. The molecule has 1 saturated heterocycles. The summed E-state index contributed by atoms with van der Waals surface area (Å²) in [6, 6.07) is 10.2. The van der Waals surface area contributed by atoms with E-state index in [4.69, 9.17) is 38.2 Å². The molecule has 0 radical (unpaired) electrons. The molecule has 0 spiro atoms. The van der Waals surface area contributed by atoms with Gasteiger partial charge < -0.3 is 10.6 Å². The normalized spacial score (nSPS) is 14.8. The monoisotopic (exact) mass is 565 g/mol. The molecule has 0 amide bonds. The fourth-order valence-electron chi connectivity index (χ4n) is 4.42. The van der Waals surface area contributed by atoms with Crippen LogP contribution < -0.4 is 10.6 Å². The minimum absolute atomic E-state index is 0.434. The molecule has 1 aliphatic heterocycles. The molecule has 0 aliphatic carbocycles. The van der Waals surface area contributed by atoms with Crippen molar-refractivity contribution < 1.29 is 13.2 Å². The Hall–Kier alpha value is -2.46. The Kier molecular flexibility index (Phi) is 7.85. The van der Waals surface area contributed by atoms with Crippen LogP contribution in [0.2, 0.25) is 10.0 Å². The number of fused-ring (bicyclic) bond motifs is 1. The Morgan fingerprint density at radius 3 is 2.35 bits per heavy atom. The molecular formula is C26H24Cl2F3N5S. The van der Waals surface area contributed by atoms with Crippen LogP contribution in [-0.2, 0) is 19.0 Å². The van der Waals surface area contributed by atoms with Crippen LogP contribution in [0.4, 0.5) is 24.7 Å². The van der Waals surface area contributed by atoms with Crippen molar-refractivity contribution in [2.75, 3.05) is 18.4 Å². The van der Waals surface area contributed by atoms with Gasteiger partial charge in [0.2, 0.25) is 0 Å². The summed E-state index contributed by atoms with van der Waals surface area (Å²) in [5.74, 6) is 1.77. The average Bonchev–Trinajstić information content (AvgIpc) is 3.28. The van der Waals surface area contributed by atoms with Crippen molar-refractivity contribution in [2.45, 2.75) is 38.3 Å². The third kappa shape index (κ3) is 6.34. The number of alkyl halides is 3. The predicted molar refractivity (Wildman–Crippen MR) is 143 cm³/mol. The first-order chi connectivity index (χ1) is 17.8. The first kappa shape index (κ1) is 26.2. The third-order valence-corrected chi connectivity index (χ3v) is 8.11. The number of hydrogen-bond donors (Lipinski definition) is 2. The van der Waals surface area contributed by atoms with E-state index >= 15 is 0 Å². The number of nitrogens with one attached hydrogen (secondary N) is 2. The molecule has 5 rings (SSSR count). The van der Waals surface area contributed by atoms with E-state index in [1.54, 1.807) is 18.2 Å². The molecule has 0 bridgehead atoms. The molecule has 37 heavy (non-hydrogen) atoms. The van der Waals surface area contributed by atoms with Gasteiger partial charge in [0, 0.05) is 28.6 Å². The number of rotatable bonds is 7. The molecule has 0 atom stereocenters. The molecule has 4 aromatic rings. The number of aryl methyl sites for hydroxylation is 1. The number of anilines is 2. The van der Waals surface area contributed by atoms with Crippen LogP contribution in [-0.4, -0.2) is 28.0 Å². The maximum absolute atomic E-state index is 13.0. The van der Waals surface area contributed by atoms with E-state index in [0.717, 1.165) is 55.1 Å². The van der Waals surface area contributed by atoms with E-state index in [0.29, 0.717) is 56.5 Å². The quantitative estimate of drug-likeness (QED) is 0.240. The highest BCUT2D eigenvalue weighted by Crippen LogP contribution is 2.34. The summed E-state index contributed by atoms with van der Waals surface area (Å²) >= 11 is 14.2. The highest BCUT2D eigenvalue weighted by molar-refractivity contribution is 7.18. The third-order valence-electron chi connectivity index (χ3n) is 6.45. The lowest BCUT2D eigenvalue weighted by Gasteiger charge is -2.22. The van der Waals surface area contributed by atoms with Crippen molar-refractivity contribution in [1.29, 1.82) is 0 Å². The topological polar surface area (TPSA) is 62.7 Å². The number of thiazole rings is 1. The lowest BCUT2D eigenvalue weighted by Crippen LogP contribution is -2.28. The van der Waals surface area contributed by atoms with Gasteiger partial charge in [0.15, 0.2) is 5.82 Å². The average molecular weight is 566 g/mol. The summed E-state index contributed by atoms with van der Waals surface area (Å²) in [7, 11) is 0. The number of hydrogen-bond acceptors (Lipinski definition) is 6. The van der Waals surface area contributed by atoms with Gasteiger partial charge in [0.05, 0.1) is 5.56 Å². The second kappa shape index (κ2) is 11.1. The van der Waals surface area contributed by atoms with Crippen LogP contribution >= 0.6 is 34.5 Å². The van der Waals surface area contributed by atoms with Gasteiger partial charge in [-0.25, -0.2) is 15.0 Å². The van der Waals surface area contributed by atoms with Gasteiger partial charge in [-0.05, 0) is 80.2 Å².